The summed E-state index contributed by atoms with van der Waals surface area (Å²) in [6.45, 7) is 5.08. The molecule has 112 valence electrons. The lowest BCUT2D eigenvalue weighted by Crippen LogP contribution is -2.51. The summed E-state index contributed by atoms with van der Waals surface area (Å²) in [5.41, 5.74) is 0. The second-order valence-corrected chi connectivity index (χ2v) is 9.46. The van der Waals surface area contributed by atoms with Crippen LogP contribution in [0.5, 0.6) is 0 Å². The molecular formula is C13H19ClN2O2S2. The Morgan fingerprint density at radius 2 is 1.90 bits per heavy atom. The van der Waals surface area contributed by atoms with Gasteiger partial charge in [0.15, 0.2) is 0 Å². The first-order valence-corrected chi connectivity index (χ1v) is 9.61. The lowest BCUT2D eigenvalue weighted by molar-refractivity contribution is 0.133. The molecule has 1 aliphatic heterocycles. The summed E-state index contributed by atoms with van der Waals surface area (Å²) >= 11 is 6.97. The Labute approximate surface area is 129 Å². The van der Waals surface area contributed by atoms with Crippen LogP contribution < -0.4 is 0 Å². The fourth-order valence-electron chi connectivity index (χ4n) is 2.79. The third-order valence-electron chi connectivity index (χ3n) is 4.30. The Morgan fingerprint density at radius 1 is 1.25 bits per heavy atom. The van der Waals surface area contributed by atoms with E-state index in [1.54, 1.807) is 16.4 Å². The molecular weight excluding hydrogens is 316 g/mol. The second kappa shape index (κ2) is 5.57. The van der Waals surface area contributed by atoms with Crippen LogP contribution in [0, 0.1) is 5.92 Å². The molecule has 1 saturated heterocycles. The number of piperazine rings is 1. The van der Waals surface area contributed by atoms with Crippen LogP contribution in [0.15, 0.2) is 16.3 Å². The van der Waals surface area contributed by atoms with E-state index < -0.39 is 10.0 Å². The first-order chi connectivity index (χ1) is 9.48. The summed E-state index contributed by atoms with van der Waals surface area (Å²) in [4.78, 5) is 2.42. The highest BCUT2D eigenvalue weighted by molar-refractivity contribution is 7.91. The van der Waals surface area contributed by atoms with Crippen LogP contribution in [-0.4, -0.2) is 49.8 Å². The van der Waals surface area contributed by atoms with E-state index in [1.165, 1.54) is 12.8 Å². The number of hydrogen-bond acceptors (Lipinski definition) is 4. The Bertz CT molecular complexity index is 575. The number of rotatable bonds is 4. The number of halogens is 1. The van der Waals surface area contributed by atoms with Gasteiger partial charge in [-0.25, -0.2) is 8.42 Å². The Balaban J connectivity index is 1.65. The maximum Gasteiger partial charge on any atom is 0.252 e. The second-order valence-electron chi connectivity index (χ2n) is 5.58. The van der Waals surface area contributed by atoms with E-state index in [1.807, 2.05) is 0 Å². The van der Waals surface area contributed by atoms with E-state index in [2.05, 4.69) is 11.8 Å². The Morgan fingerprint density at radius 3 is 2.40 bits per heavy atom. The zero-order chi connectivity index (χ0) is 14.3. The van der Waals surface area contributed by atoms with E-state index in [-0.39, 0.29) is 0 Å². The van der Waals surface area contributed by atoms with Gasteiger partial charge in [-0.1, -0.05) is 11.6 Å². The van der Waals surface area contributed by atoms with Crippen LogP contribution in [0.1, 0.15) is 19.8 Å². The maximum atomic E-state index is 12.5. The van der Waals surface area contributed by atoms with Gasteiger partial charge in [-0.15, -0.1) is 11.3 Å². The van der Waals surface area contributed by atoms with Gasteiger partial charge in [0.1, 0.15) is 4.21 Å². The van der Waals surface area contributed by atoms with Gasteiger partial charge in [-0.2, -0.15) is 4.31 Å². The van der Waals surface area contributed by atoms with Crippen molar-refractivity contribution in [3.05, 3.63) is 16.5 Å². The molecule has 7 heteroatoms. The van der Waals surface area contributed by atoms with Gasteiger partial charge in [-0.3, -0.25) is 4.90 Å². The summed E-state index contributed by atoms with van der Waals surface area (Å²) < 4.78 is 27.4. The van der Waals surface area contributed by atoms with Crippen molar-refractivity contribution < 1.29 is 8.42 Å². The highest BCUT2D eigenvalue weighted by Crippen LogP contribution is 2.36. The summed E-state index contributed by atoms with van der Waals surface area (Å²) in [5.74, 6) is 0.828. The van der Waals surface area contributed by atoms with Crippen LogP contribution in [0.3, 0.4) is 0 Å². The first kappa shape index (κ1) is 14.8. The predicted octanol–water partition coefficient (Wildman–Crippen LogP) is 2.51. The lowest BCUT2D eigenvalue weighted by Gasteiger charge is -2.37. The number of nitrogens with zero attached hydrogens (tertiary/aromatic N) is 2. The third-order valence-corrected chi connectivity index (χ3v) is 7.89. The average Bonchev–Trinajstić information content (AvgIpc) is 3.19. The van der Waals surface area contributed by atoms with Gasteiger partial charge >= 0.3 is 0 Å². The molecule has 1 aromatic rings. The molecule has 0 amide bonds. The zero-order valence-corrected chi connectivity index (χ0v) is 13.8. The summed E-state index contributed by atoms with van der Waals surface area (Å²) in [6.07, 6.45) is 2.65. The molecule has 0 N–H and O–H groups in total. The van der Waals surface area contributed by atoms with Crippen molar-refractivity contribution in [2.75, 3.05) is 26.2 Å². The summed E-state index contributed by atoms with van der Waals surface area (Å²) in [6, 6.07) is 3.84. The highest BCUT2D eigenvalue weighted by Gasteiger charge is 2.36. The van der Waals surface area contributed by atoms with Crippen molar-refractivity contribution in [2.24, 2.45) is 5.92 Å². The van der Waals surface area contributed by atoms with E-state index in [0.29, 0.717) is 27.7 Å². The van der Waals surface area contributed by atoms with Gasteiger partial charge < -0.3 is 0 Å². The van der Waals surface area contributed by atoms with Crippen molar-refractivity contribution in [2.45, 2.75) is 30.0 Å². The minimum absolute atomic E-state index is 0.353. The Hall–Kier alpha value is -0.140. The number of thiophene rings is 1. The quantitative estimate of drug-likeness (QED) is 0.849. The van der Waals surface area contributed by atoms with Gasteiger partial charge in [-0.05, 0) is 37.8 Å². The standard InChI is InChI=1S/C13H19ClN2O2S2/c1-10(11-2-3-11)15-6-8-16(9-7-15)20(17,18)13-5-4-12(14)19-13/h4-5,10-11H,2-3,6-9H2,1H3. The van der Waals surface area contributed by atoms with Gasteiger partial charge in [0.05, 0.1) is 4.34 Å². The Kier molecular flexibility index (Phi) is 4.12. The van der Waals surface area contributed by atoms with E-state index in [4.69, 9.17) is 11.6 Å². The van der Waals surface area contributed by atoms with E-state index in [0.717, 1.165) is 30.3 Å². The average molecular weight is 335 g/mol. The van der Waals surface area contributed by atoms with E-state index >= 15 is 0 Å². The smallest absolute Gasteiger partial charge is 0.252 e. The van der Waals surface area contributed by atoms with Crippen LogP contribution in [0.2, 0.25) is 4.34 Å². The molecule has 2 fully saturated rings. The molecule has 2 aliphatic rings. The molecule has 0 bridgehead atoms. The number of sulfonamides is 1. The minimum atomic E-state index is -3.35. The normalized spacial score (nSPS) is 23.9. The molecule has 0 radical (unpaired) electrons. The van der Waals surface area contributed by atoms with Crippen molar-refractivity contribution in [3.63, 3.8) is 0 Å². The zero-order valence-electron chi connectivity index (χ0n) is 11.5. The van der Waals surface area contributed by atoms with Crippen molar-refractivity contribution in [1.82, 2.24) is 9.21 Å². The topological polar surface area (TPSA) is 40.6 Å². The molecule has 1 unspecified atom stereocenters. The van der Waals surface area contributed by atoms with Gasteiger partial charge in [0.2, 0.25) is 0 Å². The third kappa shape index (κ3) is 2.90. The van der Waals surface area contributed by atoms with E-state index in [9.17, 15) is 8.42 Å². The number of hydrogen-bond donors (Lipinski definition) is 0. The monoisotopic (exact) mass is 334 g/mol. The minimum Gasteiger partial charge on any atom is -0.298 e. The molecule has 1 aromatic heterocycles. The predicted molar refractivity (Wildman–Crippen MR) is 81.8 cm³/mol. The highest BCUT2D eigenvalue weighted by atomic mass is 35.5. The van der Waals surface area contributed by atoms with Gasteiger partial charge in [0.25, 0.3) is 10.0 Å². The summed E-state index contributed by atoms with van der Waals surface area (Å²) in [5, 5.41) is 0. The fourth-order valence-corrected chi connectivity index (χ4v) is 5.85. The molecule has 1 atom stereocenters. The molecule has 1 aliphatic carbocycles. The SMILES string of the molecule is CC(C1CC1)N1CCN(S(=O)(=O)c2ccc(Cl)s2)CC1. The van der Waals surface area contributed by atoms with Crippen LogP contribution >= 0.6 is 22.9 Å². The fraction of sp³-hybridized carbons (Fsp3) is 0.692. The summed E-state index contributed by atoms with van der Waals surface area (Å²) in [7, 11) is -3.35. The van der Waals surface area contributed by atoms with Crippen molar-refractivity contribution in [1.29, 1.82) is 0 Å². The molecule has 4 nitrogen and oxygen atoms in total. The molecule has 2 heterocycles. The lowest BCUT2D eigenvalue weighted by atomic mass is 10.1. The van der Waals surface area contributed by atoms with Crippen LogP contribution in [0.4, 0.5) is 0 Å². The van der Waals surface area contributed by atoms with Crippen LogP contribution in [-0.2, 0) is 10.0 Å². The molecule has 3 rings (SSSR count). The molecule has 0 spiro atoms. The largest absolute Gasteiger partial charge is 0.298 e. The molecule has 1 saturated carbocycles. The first-order valence-electron chi connectivity index (χ1n) is 6.98. The van der Waals surface area contributed by atoms with Crippen molar-refractivity contribution >= 4 is 33.0 Å². The van der Waals surface area contributed by atoms with Crippen LogP contribution in [0.25, 0.3) is 0 Å². The molecule has 20 heavy (non-hydrogen) atoms. The van der Waals surface area contributed by atoms with Crippen molar-refractivity contribution in [3.8, 4) is 0 Å². The van der Waals surface area contributed by atoms with Gasteiger partial charge in [0, 0.05) is 32.2 Å². The molecule has 0 aromatic carbocycles. The maximum absolute atomic E-state index is 12.5.